The minimum Gasteiger partial charge on any atom is -0.479 e. The van der Waals surface area contributed by atoms with E-state index in [0.717, 1.165) is 0 Å². The number of carbonyl (C=O) groups is 3. The number of amides is 3. The van der Waals surface area contributed by atoms with Gasteiger partial charge in [-0.3, -0.25) is 4.79 Å². The van der Waals surface area contributed by atoms with Gasteiger partial charge in [-0.25, -0.2) is 9.59 Å². The zero-order valence-electron chi connectivity index (χ0n) is 11.9. The van der Waals surface area contributed by atoms with Crippen LogP contribution in [0.3, 0.4) is 0 Å². The summed E-state index contributed by atoms with van der Waals surface area (Å²) >= 11 is 0. The van der Waals surface area contributed by atoms with E-state index in [4.69, 9.17) is 5.73 Å². The summed E-state index contributed by atoms with van der Waals surface area (Å²) < 4.78 is 0. The summed E-state index contributed by atoms with van der Waals surface area (Å²) in [6.07, 6.45) is 0. The predicted octanol–water partition coefficient (Wildman–Crippen LogP) is 0.621. The number of urea groups is 1. The Hall–Kier alpha value is -2.57. The summed E-state index contributed by atoms with van der Waals surface area (Å²) in [4.78, 5) is 34.3. The van der Waals surface area contributed by atoms with Crippen molar-refractivity contribution < 1.29 is 19.5 Å². The van der Waals surface area contributed by atoms with E-state index in [1.807, 2.05) is 0 Å². The molecule has 1 aromatic rings. The largest absolute Gasteiger partial charge is 0.479 e. The van der Waals surface area contributed by atoms with Crippen LogP contribution in [-0.2, 0) is 9.59 Å². The molecular weight excluding hydrogens is 274 g/mol. The first-order valence-electron chi connectivity index (χ1n) is 6.47. The maximum Gasteiger partial charge on any atom is 0.330 e. The van der Waals surface area contributed by atoms with Crippen molar-refractivity contribution >= 4 is 17.9 Å². The van der Waals surface area contributed by atoms with Gasteiger partial charge in [-0.1, -0.05) is 44.2 Å². The van der Waals surface area contributed by atoms with Gasteiger partial charge in [0.1, 0.15) is 6.04 Å². The highest BCUT2D eigenvalue weighted by Gasteiger charge is 2.26. The smallest absolute Gasteiger partial charge is 0.330 e. The Morgan fingerprint density at radius 1 is 1.10 bits per heavy atom. The Morgan fingerprint density at radius 2 is 1.67 bits per heavy atom. The third-order valence-corrected chi connectivity index (χ3v) is 2.92. The maximum atomic E-state index is 11.9. The normalized spacial score (nSPS) is 13.3. The van der Waals surface area contributed by atoms with Crippen molar-refractivity contribution in [2.24, 2.45) is 11.7 Å². The fraction of sp³-hybridized carbons (Fsp3) is 0.357. The van der Waals surface area contributed by atoms with E-state index in [-0.39, 0.29) is 5.92 Å². The van der Waals surface area contributed by atoms with Crippen LogP contribution in [0.4, 0.5) is 4.79 Å². The second-order valence-electron chi connectivity index (χ2n) is 4.92. The molecule has 21 heavy (non-hydrogen) atoms. The van der Waals surface area contributed by atoms with E-state index < -0.39 is 30.0 Å². The van der Waals surface area contributed by atoms with Crippen molar-refractivity contribution in [2.75, 3.05) is 0 Å². The van der Waals surface area contributed by atoms with E-state index in [1.54, 1.807) is 44.2 Å². The Balaban J connectivity index is 2.79. The fourth-order valence-corrected chi connectivity index (χ4v) is 1.81. The van der Waals surface area contributed by atoms with Crippen LogP contribution in [0, 0.1) is 5.92 Å². The average molecular weight is 293 g/mol. The van der Waals surface area contributed by atoms with Gasteiger partial charge in [0.2, 0.25) is 5.91 Å². The molecule has 0 radical (unpaired) electrons. The van der Waals surface area contributed by atoms with Gasteiger partial charge in [-0.2, -0.15) is 0 Å². The molecule has 0 aliphatic rings. The van der Waals surface area contributed by atoms with Gasteiger partial charge in [0.25, 0.3) is 0 Å². The number of aliphatic carboxylic acids is 1. The zero-order chi connectivity index (χ0) is 16.0. The number of carbonyl (C=O) groups excluding carboxylic acids is 2. The molecule has 0 spiro atoms. The highest BCUT2D eigenvalue weighted by atomic mass is 16.4. The standard InChI is InChI=1S/C14H19N3O4/c1-8(2)10(12(15)18)16-14(21)17-11(13(19)20)9-6-4-3-5-7-9/h3-8,10-11H,1-2H3,(H2,15,18)(H,19,20)(H2,16,17,21)/t10?,11-/m0/s1. The van der Waals surface area contributed by atoms with E-state index >= 15 is 0 Å². The molecule has 7 heteroatoms. The lowest BCUT2D eigenvalue weighted by molar-refractivity contribution is -0.139. The molecule has 3 amide bonds. The molecule has 1 aromatic carbocycles. The molecule has 5 N–H and O–H groups in total. The molecule has 0 saturated heterocycles. The van der Waals surface area contributed by atoms with Crippen LogP contribution in [0.1, 0.15) is 25.5 Å². The number of benzene rings is 1. The van der Waals surface area contributed by atoms with Crippen LogP contribution >= 0.6 is 0 Å². The summed E-state index contributed by atoms with van der Waals surface area (Å²) in [6, 6.07) is 5.44. The first-order chi connectivity index (χ1) is 9.82. The van der Waals surface area contributed by atoms with E-state index in [0.29, 0.717) is 5.56 Å². The lowest BCUT2D eigenvalue weighted by Crippen LogP contribution is -2.52. The molecule has 0 aliphatic carbocycles. The van der Waals surface area contributed by atoms with Gasteiger partial charge in [0.15, 0.2) is 6.04 Å². The Morgan fingerprint density at radius 3 is 2.10 bits per heavy atom. The topological polar surface area (TPSA) is 122 Å². The highest BCUT2D eigenvalue weighted by molar-refractivity contribution is 5.88. The predicted molar refractivity (Wildman–Crippen MR) is 76.3 cm³/mol. The molecule has 0 saturated carbocycles. The molecular formula is C14H19N3O4. The van der Waals surface area contributed by atoms with Gasteiger partial charge in [0, 0.05) is 0 Å². The van der Waals surface area contributed by atoms with Gasteiger partial charge in [-0.15, -0.1) is 0 Å². The average Bonchev–Trinajstić information content (AvgIpc) is 2.42. The summed E-state index contributed by atoms with van der Waals surface area (Å²) in [5, 5.41) is 13.9. The van der Waals surface area contributed by atoms with Gasteiger partial charge >= 0.3 is 12.0 Å². The molecule has 0 bridgehead atoms. The summed E-state index contributed by atoms with van der Waals surface area (Å²) in [7, 11) is 0. The first kappa shape index (κ1) is 16.5. The van der Waals surface area contributed by atoms with Crippen LogP contribution in [-0.4, -0.2) is 29.1 Å². The summed E-state index contributed by atoms with van der Waals surface area (Å²) in [5.41, 5.74) is 5.62. The van der Waals surface area contributed by atoms with Crippen LogP contribution in [0.5, 0.6) is 0 Å². The maximum absolute atomic E-state index is 11.9. The summed E-state index contributed by atoms with van der Waals surface area (Å²) in [6.45, 7) is 3.45. The second kappa shape index (κ2) is 7.28. The first-order valence-corrected chi connectivity index (χ1v) is 6.47. The fourth-order valence-electron chi connectivity index (χ4n) is 1.81. The molecule has 7 nitrogen and oxygen atoms in total. The molecule has 2 atom stereocenters. The summed E-state index contributed by atoms with van der Waals surface area (Å²) in [5.74, 6) is -2.07. The number of nitrogens with two attached hydrogens (primary N) is 1. The number of carboxylic acids is 1. The number of primary amides is 1. The van der Waals surface area contributed by atoms with Gasteiger partial charge < -0.3 is 21.5 Å². The second-order valence-corrected chi connectivity index (χ2v) is 4.92. The zero-order valence-corrected chi connectivity index (χ0v) is 11.9. The van der Waals surface area contributed by atoms with Crippen molar-refractivity contribution in [1.82, 2.24) is 10.6 Å². The quantitative estimate of drug-likeness (QED) is 0.614. The third-order valence-electron chi connectivity index (χ3n) is 2.92. The molecule has 0 aromatic heterocycles. The van der Waals surface area contributed by atoms with Crippen LogP contribution in [0.25, 0.3) is 0 Å². The molecule has 1 rings (SSSR count). The molecule has 0 fully saturated rings. The number of nitrogens with one attached hydrogen (secondary N) is 2. The SMILES string of the molecule is CC(C)C(NC(=O)N[C@H](C(=O)O)c1ccccc1)C(N)=O. The third kappa shape index (κ3) is 4.79. The van der Waals surface area contributed by atoms with E-state index in [1.165, 1.54) is 0 Å². The monoisotopic (exact) mass is 293 g/mol. The molecule has 0 aliphatic heterocycles. The van der Waals surface area contributed by atoms with Crippen molar-refractivity contribution in [3.05, 3.63) is 35.9 Å². The lowest BCUT2D eigenvalue weighted by atomic mass is 10.0. The Labute approximate surface area is 122 Å². The number of carboxylic acid groups (broad SMARTS) is 1. The minimum absolute atomic E-state index is 0.201. The lowest BCUT2D eigenvalue weighted by Gasteiger charge is -2.21. The Bertz CT molecular complexity index is 516. The van der Waals surface area contributed by atoms with Crippen molar-refractivity contribution in [3.8, 4) is 0 Å². The Kier molecular flexibility index (Phi) is 5.71. The van der Waals surface area contributed by atoms with Gasteiger partial charge in [0.05, 0.1) is 0 Å². The number of hydrogen-bond acceptors (Lipinski definition) is 3. The van der Waals surface area contributed by atoms with Crippen LogP contribution < -0.4 is 16.4 Å². The molecule has 114 valence electrons. The van der Waals surface area contributed by atoms with Crippen molar-refractivity contribution in [2.45, 2.75) is 25.9 Å². The highest BCUT2D eigenvalue weighted by Crippen LogP contribution is 2.12. The van der Waals surface area contributed by atoms with Crippen LogP contribution in [0.2, 0.25) is 0 Å². The van der Waals surface area contributed by atoms with E-state index in [2.05, 4.69) is 10.6 Å². The number of hydrogen-bond donors (Lipinski definition) is 4. The van der Waals surface area contributed by atoms with Crippen LogP contribution in [0.15, 0.2) is 30.3 Å². The van der Waals surface area contributed by atoms with E-state index in [9.17, 15) is 19.5 Å². The molecule has 0 heterocycles. The van der Waals surface area contributed by atoms with Crippen molar-refractivity contribution in [3.63, 3.8) is 0 Å². The van der Waals surface area contributed by atoms with Crippen molar-refractivity contribution in [1.29, 1.82) is 0 Å². The minimum atomic E-state index is -1.20. The number of rotatable bonds is 6. The van der Waals surface area contributed by atoms with Gasteiger partial charge in [-0.05, 0) is 11.5 Å². The molecule has 1 unspecified atom stereocenters.